The van der Waals surface area contributed by atoms with Crippen LogP contribution < -0.4 is 0 Å². The molecule has 0 bridgehead atoms. The number of amides is 3. The number of ether oxygens (including phenoxy) is 1. The Balaban J connectivity index is 1.56. The highest BCUT2D eigenvalue weighted by atomic mass is 16.5. The summed E-state index contributed by atoms with van der Waals surface area (Å²) in [6, 6.07) is 7.02. The van der Waals surface area contributed by atoms with Gasteiger partial charge in [0.1, 0.15) is 6.54 Å². The number of carbonyl (C=O) groups is 4. The number of hydrogen-bond acceptors (Lipinski definition) is 5. The van der Waals surface area contributed by atoms with Crippen LogP contribution in [0.1, 0.15) is 48.5 Å². The van der Waals surface area contributed by atoms with Crippen LogP contribution in [0.5, 0.6) is 0 Å². The van der Waals surface area contributed by atoms with E-state index in [0.29, 0.717) is 17.7 Å². The van der Waals surface area contributed by atoms with E-state index in [1.165, 1.54) is 0 Å². The fourth-order valence-corrected chi connectivity index (χ4v) is 3.71. The summed E-state index contributed by atoms with van der Waals surface area (Å²) in [5, 5.41) is 0. The van der Waals surface area contributed by atoms with Crippen LogP contribution in [0.4, 0.5) is 0 Å². The van der Waals surface area contributed by atoms with Gasteiger partial charge in [0.25, 0.3) is 11.8 Å². The molecule has 0 radical (unpaired) electrons. The molecular formula is C20H24N2O5. The zero-order valence-corrected chi connectivity index (χ0v) is 15.5. The van der Waals surface area contributed by atoms with E-state index in [9.17, 15) is 19.2 Å². The fourth-order valence-electron chi connectivity index (χ4n) is 3.71. The summed E-state index contributed by atoms with van der Waals surface area (Å²) < 4.78 is 5.06. The summed E-state index contributed by atoms with van der Waals surface area (Å²) in [4.78, 5) is 51.8. The van der Waals surface area contributed by atoms with E-state index in [0.717, 1.165) is 30.6 Å². The summed E-state index contributed by atoms with van der Waals surface area (Å²) in [5.41, 5.74) is 1.07. The first-order chi connectivity index (χ1) is 13.0. The standard InChI is InChI=1S/C20H24N2O5/c1-2-15-8-5-6-10-21(15)18(24)13-27-19(25)12-22-17(23)11-14-7-3-4-9-16(14)20(22)26/h3-4,7,9,15H,2,5-6,8,10-13H2,1H3/t15-/m0/s1. The molecule has 1 aromatic rings. The van der Waals surface area contributed by atoms with Gasteiger partial charge in [-0.1, -0.05) is 25.1 Å². The highest BCUT2D eigenvalue weighted by molar-refractivity contribution is 6.11. The second-order valence-electron chi connectivity index (χ2n) is 6.92. The number of piperidine rings is 1. The second-order valence-corrected chi connectivity index (χ2v) is 6.92. The van der Waals surface area contributed by atoms with E-state index in [4.69, 9.17) is 4.74 Å². The third-order valence-corrected chi connectivity index (χ3v) is 5.20. The average molecular weight is 372 g/mol. The number of fused-ring (bicyclic) bond motifs is 1. The lowest BCUT2D eigenvalue weighted by atomic mass is 9.98. The van der Waals surface area contributed by atoms with Gasteiger partial charge in [-0.05, 0) is 37.3 Å². The monoisotopic (exact) mass is 372 g/mol. The van der Waals surface area contributed by atoms with E-state index in [-0.39, 0.29) is 25.0 Å². The molecule has 1 atom stereocenters. The van der Waals surface area contributed by atoms with Crippen LogP contribution in [-0.2, 0) is 25.5 Å². The second kappa shape index (κ2) is 8.33. The van der Waals surface area contributed by atoms with Gasteiger partial charge in [-0.15, -0.1) is 0 Å². The fraction of sp³-hybridized carbons (Fsp3) is 0.500. The molecule has 0 unspecified atom stereocenters. The lowest BCUT2D eigenvalue weighted by Crippen LogP contribution is -2.47. The number of imide groups is 1. The van der Waals surface area contributed by atoms with Gasteiger partial charge in [-0.3, -0.25) is 24.1 Å². The summed E-state index contributed by atoms with van der Waals surface area (Å²) in [5.74, 6) is -1.93. The van der Waals surface area contributed by atoms with Gasteiger partial charge in [0.15, 0.2) is 6.61 Å². The van der Waals surface area contributed by atoms with E-state index in [1.54, 1.807) is 29.2 Å². The zero-order valence-electron chi connectivity index (χ0n) is 15.5. The Bertz CT molecular complexity index is 760. The van der Waals surface area contributed by atoms with E-state index >= 15 is 0 Å². The maximum absolute atomic E-state index is 12.5. The Hall–Kier alpha value is -2.70. The normalized spacial score (nSPS) is 19.7. The highest BCUT2D eigenvalue weighted by Crippen LogP contribution is 2.20. The molecule has 3 amide bonds. The molecule has 27 heavy (non-hydrogen) atoms. The van der Waals surface area contributed by atoms with Crippen molar-refractivity contribution in [2.75, 3.05) is 19.7 Å². The third kappa shape index (κ3) is 4.18. The third-order valence-electron chi connectivity index (χ3n) is 5.20. The Morgan fingerprint density at radius 2 is 1.96 bits per heavy atom. The van der Waals surface area contributed by atoms with Crippen molar-refractivity contribution >= 4 is 23.7 Å². The molecule has 7 heteroatoms. The van der Waals surface area contributed by atoms with Crippen LogP contribution in [0.3, 0.4) is 0 Å². The quantitative estimate of drug-likeness (QED) is 0.578. The molecule has 2 aliphatic rings. The lowest BCUT2D eigenvalue weighted by Gasteiger charge is -2.35. The topological polar surface area (TPSA) is 84.0 Å². The molecule has 3 rings (SSSR count). The SMILES string of the molecule is CC[C@H]1CCCCN1C(=O)COC(=O)CN1C(=O)Cc2ccccc2C1=O. The number of esters is 1. The predicted octanol–water partition coefficient (Wildman–Crippen LogP) is 1.55. The van der Waals surface area contributed by atoms with Crippen LogP contribution >= 0.6 is 0 Å². The molecule has 0 spiro atoms. The molecule has 2 heterocycles. The molecule has 0 aliphatic carbocycles. The van der Waals surface area contributed by atoms with Gasteiger partial charge >= 0.3 is 5.97 Å². The van der Waals surface area contributed by atoms with Crippen LogP contribution in [-0.4, -0.2) is 59.2 Å². The van der Waals surface area contributed by atoms with Crippen molar-refractivity contribution in [1.82, 2.24) is 9.80 Å². The Kier molecular flexibility index (Phi) is 5.88. The van der Waals surface area contributed by atoms with Crippen molar-refractivity contribution in [2.45, 2.75) is 45.1 Å². The van der Waals surface area contributed by atoms with Crippen molar-refractivity contribution in [1.29, 1.82) is 0 Å². The molecule has 1 fully saturated rings. The molecule has 0 aromatic heterocycles. The predicted molar refractivity (Wildman–Crippen MR) is 96.8 cm³/mol. The van der Waals surface area contributed by atoms with E-state index in [2.05, 4.69) is 0 Å². The van der Waals surface area contributed by atoms with Crippen LogP contribution in [0.15, 0.2) is 24.3 Å². The summed E-state index contributed by atoms with van der Waals surface area (Å²) in [6.45, 7) is 1.88. The number of benzene rings is 1. The summed E-state index contributed by atoms with van der Waals surface area (Å²) >= 11 is 0. The van der Waals surface area contributed by atoms with Crippen LogP contribution in [0.25, 0.3) is 0 Å². The van der Waals surface area contributed by atoms with Crippen molar-refractivity contribution in [3.05, 3.63) is 35.4 Å². The minimum atomic E-state index is -0.755. The smallest absolute Gasteiger partial charge is 0.326 e. The first-order valence-corrected chi connectivity index (χ1v) is 9.39. The lowest BCUT2D eigenvalue weighted by molar-refractivity contribution is -0.155. The van der Waals surface area contributed by atoms with Gasteiger partial charge in [-0.25, -0.2) is 0 Å². The number of likely N-dealkylation sites (tertiary alicyclic amines) is 1. The number of nitrogens with zero attached hydrogens (tertiary/aromatic N) is 2. The highest BCUT2D eigenvalue weighted by Gasteiger charge is 2.33. The van der Waals surface area contributed by atoms with Gasteiger partial charge < -0.3 is 9.64 Å². The van der Waals surface area contributed by atoms with Gasteiger partial charge in [0.2, 0.25) is 5.91 Å². The Morgan fingerprint density at radius 3 is 2.74 bits per heavy atom. The van der Waals surface area contributed by atoms with E-state index < -0.39 is 24.3 Å². The Morgan fingerprint density at radius 1 is 1.19 bits per heavy atom. The summed E-state index contributed by atoms with van der Waals surface area (Å²) in [7, 11) is 0. The molecule has 1 aromatic carbocycles. The Labute approximate surface area is 158 Å². The van der Waals surface area contributed by atoms with Crippen molar-refractivity contribution in [3.63, 3.8) is 0 Å². The minimum absolute atomic E-state index is 0.0695. The zero-order chi connectivity index (χ0) is 19.4. The first-order valence-electron chi connectivity index (χ1n) is 9.39. The minimum Gasteiger partial charge on any atom is -0.454 e. The number of carbonyl (C=O) groups excluding carboxylic acids is 4. The number of rotatable bonds is 5. The maximum atomic E-state index is 12.5. The average Bonchev–Trinajstić information content (AvgIpc) is 2.69. The summed E-state index contributed by atoms with van der Waals surface area (Å²) in [6.07, 6.45) is 3.96. The molecule has 144 valence electrons. The van der Waals surface area contributed by atoms with Gasteiger partial charge in [-0.2, -0.15) is 0 Å². The molecule has 0 saturated carbocycles. The van der Waals surface area contributed by atoms with Gasteiger partial charge in [0.05, 0.1) is 6.42 Å². The molecule has 1 saturated heterocycles. The van der Waals surface area contributed by atoms with E-state index in [1.807, 2.05) is 6.92 Å². The largest absolute Gasteiger partial charge is 0.454 e. The first kappa shape index (κ1) is 19.1. The van der Waals surface area contributed by atoms with Crippen LogP contribution in [0.2, 0.25) is 0 Å². The van der Waals surface area contributed by atoms with Crippen molar-refractivity contribution in [3.8, 4) is 0 Å². The molecule has 2 aliphatic heterocycles. The van der Waals surface area contributed by atoms with Crippen molar-refractivity contribution in [2.24, 2.45) is 0 Å². The maximum Gasteiger partial charge on any atom is 0.326 e. The molecule has 0 N–H and O–H groups in total. The number of hydrogen-bond donors (Lipinski definition) is 0. The molecular weight excluding hydrogens is 348 g/mol. The van der Waals surface area contributed by atoms with Crippen LogP contribution in [0, 0.1) is 0 Å². The van der Waals surface area contributed by atoms with Gasteiger partial charge in [0, 0.05) is 18.2 Å². The molecule has 7 nitrogen and oxygen atoms in total. The van der Waals surface area contributed by atoms with Crippen molar-refractivity contribution < 1.29 is 23.9 Å².